The van der Waals surface area contributed by atoms with Crippen molar-refractivity contribution in [3.05, 3.63) is 43.0 Å². The first-order chi connectivity index (χ1) is 8.56. The van der Waals surface area contributed by atoms with E-state index in [1.54, 1.807) is 18.3 Å². The third kappa shape index (κ3) is 2.57. The van der Waals surface area contributed by atoms with Crippen LogP contribution in [0.3, 0.4) is 0 Å². The van der Waals surface area contributed by atoms with Crippen LogP contribution in [0.5, 0.6) is 0 Å². The highest BCUT2D eigenvalue weighted by Gasteiger charge is 2.19. The molecule has 92 valence electrons. The molecule has 0 bridgehead atoms. The van der Waals surface area contributed by atoms with Gasteiger partial charge in [0, 0.05) is 12.4 Å². The molecule has 0 saturated heterocycles. The Morgan fingerprint density at radius 2 is 2.06 bits per heavy atom. The van der Waals surface area contributed by atoms with Crippen molar-refractivity contribution in [1.82, 2.24) is 9.88 Å². The van der Waals surface area contributed by atoms with Crippen LogP contribution < -0.4 is 4.90 Å². The molecule has 2 rings (SSSR count). The predicted octanol–water partition coefficient (Wildman–Crippen LogP) is 0.454. The molecular formula is C11H9N3O4. The average Bonchev–Trinajstić information content (AvgIpc) is 2.77. The van der Waals surface area contributed by atoms with Crippen LogP contribution in [0.15, 0.2) is 30.6 Å². The molecule has 1 aromatic rings. The third-order valence-electron chi connectivity index (χ3n) is 2.14. The summed E-state index contributed by atoms with van der Waals surface area (Å²) in [6.07, 6.45) is 3.07. The summed E-state index contributed by atoms with van der Waals surface area (Å²) in [5.41, 5.74) is -0.0839. The van der Waals surface area contributed by atoms with Gasteiger partial charge in [-0.25, -0.2) is 9.78 Å². The summed E-state index contributed by atoms with van der Waals surface area (Å²) in [4.78, 5) is 27.9. The molecule has 0 atom stereocenters. The molecule has 0 spiro atoms. The maximum Gasteiger partial charge on any atom is 0.354 e. The van der Waals surface area contributed by atoms with Crippen LogP contribution in [0.4, 0.5) is 5.82 Å². The topological polar surface area (TPSA) is 94.0 Å². The van der Waals surface area contributed by atoms with Gasteiger partial charge < -0.3 is 15.1 Å². The Balaban J connectivity index is 2.10. The molecule has 0 amide bonds. The van der Waals surface area contributed by atoms with E-state index < -0.39 is 11.9 Å². The van der Waals surface area contributed by atoms with E-state index in [0.717, 1.165) is 0 Å². The maximum atomic E-state index is 10.8. The minimum atomic E-state index is -1.12. The molecule has 18 heavy (non-hydrogen) atoms. The van der Waals surface area contributed by atoms with Crippen LogP contribution in [0.2, 0.25) is 0 Å². The minimum absolute atomic E-state index is 0.0839. The molecule has 7 nitrogen and oxygen atoms in total. The minimum Gasteiger partial charge on any atom is -0.480 e. The van der Waals surface area contributed by atoms with Crippen LogP contribution in [0.25, 0.3) is 0 Å². The Morgan fingerprint density at radius 3 is 2.72 bits per heavy atom. The third-order valence-corrected chi connectivity index (χ3v) is 2.14. The first-order valence-electron chi connectivity index (χ1n) is 4.99. The van der Waals surface area contributed by atoms with E-state index in [9.17, 15) is 9.59 Å². The Morgan fingerprint density at radius 1 is 1.28 bits per heavy atom. The largest absolute Gasteiger partial charge is 0.480 e. The lowest BCUT2D eigenvalue weighted by molar-refractivity contribution is -0.137. The summed E-state index contributed by atoms with van der Waals surface area (Å²) in [5, 5.41) is 17.4. The molecule has 2 heterocycles. The van der Waals surface area contributed by atoms with Crippen LogP contribution in [0, 0.1) is 6.67 Å². The number of anilines is 1. The summed E-state index contributed by atoms with van der Waals surface area (Å²) in [5.74, 6) is -1.75. The molecule has 2 N–H and O–H groups in total. The molecule has 0 fully saturated rings. The van der Waals surface area contributed by atoms with E-state index >= 15 is 0 Å². The standard InChI is InChI=1S/C11H9N3O4/c15-10(16)6-13-4-5-14(7-13)9-3-1-2-8(12-9)11(17)18/h1-5H,6H2,(H,15,16)(H,17,18). The SMILES string of the molecule is O=C(O)CN1[C]N(c2cccc(C(=O)O)n2)C=C1. The first-order valence-corrected chi connectivity index (χ1v) is 4.99. The molecule has 0 aliphatic carbocycles. The molecule has 7 heteroatoms. The second-order valence-electron chi connectivity index (χ2n) is 3.48. The molecule has 1 aliphatic heterocycles. The number of carboxylic acids is 2. The zero-order valence-electron chi connectivity index (χ0n) is 9.15. The number of carbonyl (C=O) groups is 2. The van der Waals surface area contributed by atoms with Gasteiger partial charge in [0.2, 0.25) is 6.67 Å². The number of pyridine rings is 1. The Hall–Kier alpha value is -2.57. The quantitative estimate of drug-likeness (QED) is 0.797. The van der Waals surface area contributed by atoms with Gasteiger partial charge in [0.1, 0.15) is 12.4 Å². The number of aromatic nitrogens is 1. The molecule has 0 aromatic carbocycles. The van der Waals surface area contributed by atoms with E-state index in [1.807, 2.05) is 0 Å². The van der Waals surface area contributed by atoms with Gasteiger partial charge in [0.15, 0.2) is 5.69 Å². The van der Waals surface area contributed by atoms with Crippen molar-refractivity contribution in [3.8, 4) is 0 Å². The van der Waals surface area contributed by atoms with E-state index in [2.05, 4.69) is 11.7 Å². The lowest BCUT2D eigenvalue weighted by Gasteiger charge is -2.16. The molecule has 1 aliphatic rings. The molecule has 0 saturated carbocycles. The van der Waals surface area contributed by atoms with Crippen molar-refractivity contribution < 1.29 is 19.8 Å². The van der Waals surface area contributed by atoms with Gasteiger partial charge in [0.05, 0.1) is 0 Å². The number of aromatic carboxylic acids is 1. The lowest BCUT2D eigenvalue weighted by atomic mass is 10.3. The van der Waals surface area contributed by atoms with Crippen molar-refractivity contribution in [1.29, 1.82) is 0 Å². The highest BCUT2D eigenvalue weighted by Crippen LogP contribution is 2.19. The fraction of sp³-hybridized carbons (Fsp3) is 0.0909. The second-order valence-corrected chi connectivity index (χ2v) is 3.48. The first kappa shape index (κ1) is 11.9. The number of aliphatic carboxylic acids is 1. The Bertz CT molecular complexity index is 515. The van der Waals surface area contributed by atoms with Crippen molar-refractivity contribution in [2.45, 2.75) is 0 Å². The monoisotopic (exact) mass is 247 g/mol. The smallest absolute Gasteiger partial charge is 0.354 e. The van der Waals surface area contributed by atoms with Gasteiger partial charge in [-0.1, -0.05) is 6.07 Å². The number of hydrogen-bond acceptors (Lipinski definition) is 5. The van der Waals surface area contributed by atoms with E-state index in [4.69, 9.17) is 10.2 Å². The van der Waals surface area contributed by atoms with Crippen molar-refractivity contribution in [2.75, 3.05) is 11.4 Å². The van der Waals surface area contributed by atoms with Crippen LogP contribution in [-0.4, -0.2) is 38.6 Å². The summed E-state index contributed by atoms with van der Waals surface area (Å²) in [6.45, 7) is 2.51. The van der Waals surface area contributed by atoms with E-state index in [0.29, 0.717) is 5.82 Å². The molecular weight excluding hydrogens is 238 g/mol. The van der Waals surface area contributed by atoms with E-state index in [-0.39, 0.29) is 12.2 Å². The van der Waals surface area contributed by atoms with Crippen molar-refractivity contribution in [2.24, 2.45) is 0 Å². The van der Waals surface area contributed by atoms with Gasteiger partial charge in [0.25, 0.3) is 0 Å². The lowest BCUT2D eigenvalue weighted by Crippen LogP contribution is -2.25. The second kappa shape index (κ2) is 4.74. The zero-order chi connectivity index (χ0) is 13.1. The van der Waals surface area contributed by atoms with Crippen LogP contribution >= 0.6 is 0 Å². The summed E-state index contributed by atoms with van der Waals surface area (Å²) < 4.78 is 0. The maximum absolute atomic E-state index is 10.8. The fourth-order valence-electron chi connectivity index (χ4n) is 1.39. The Labute approximate surface area is 103 Å². The number of hydrogen-bond donors (Lipinski definition) is 2. The summed E-state index contributed by atoms with van der Waals surface area (Å²) in [7, 11) is 0. The highest BCUT2D eigenvalue weighted by atomic mass is 16.4. The van der Waals surface area contributed by atoms with Gasteiger partial charge in [-0.2, -0.15) is 0 Å². The fourth-order valence-corrected chi connectivity index (χ4v) is 1.39. The normalized spacial score (nSPS) is 14.0. The van der Waals surface area contributed by atoms with Crippen LogP contribution in [-0.2, 0) is 4.79 Å². The number of nitrogens with zero attached hydrogens (tertiary/aromatic N) is 3. The Kier molecular flexibility index (Phi) is 3.13. The average molecular weight is 247 g/mol. The number of rotatable bonds is 4. The van der Waals surface area contributed by atoms with Gasteiger partial charge >= 0.3 is 11.9 Å². The van der Waals surface area contributed by atoms with E-state index in [1.165, 1.54) is 22.1 Å². The van der Waals surface area contributed by atoms with Crippen LogP contribution in [0.1, 0.15) is 10.5 Å². The zero-order valence-corrected chi connectivity index (χ0v) is 9.15. The summed E-state index contributed by atoms with van der Waals surface area (Å²) in [6, 6.07) is 4.54. The van der Waals surface area contributed by atoms with Gasteiger partial charge in [-0.3, -0.25) is 9.69 Å². The predicted molar refractivity (Wildman–Crippen MR) is 60.4 cm³/mol. The number of carboxylic acid groups (broad SMARTS) is 2. The van der Waals surface area contributed by atoms with Crippen molar-refractivity contribution >= 4 is 17.8 Å². The molecule has 2 radical (unpaired) electrons. The van der Waals surface area contributed by atoms with Gasteiger partial charge in [-0.05, 0) is 12.1 Å². The van der Waals surface area contributed by atoms with Gasteiger partial charge in [-0.15, -0.1) is 0 Å². The highest BCUT2D eigenvalue weighted by molar-refractivity contribution is 5.85. The van der Waals surface area contributed by atoms with Crippen molar-refractivity contribution in [3.63, 3.8) is 0 Å². The molecule has 1 aromatic heterocycles. The molecule has 0 unspecified atom stereocenters. The summed E-state index contributed by atoms with van der Waals surface area (Å²) >= 11 is 0.